The molecule has 0 aromatic rings. The molecule has 4 unspecified atom stereocenters. The predicted octanol–water partition coefficient (Wildman–Crippen LogP) is 0.00100. The van der Waals surface area contributed by atoms with Crippen LogP contribution in [0.3, 0.4) is 0 Å². The van der Waals surface area contributed by atoms with E-state index in [-0.39, 0.29) is 0 Å². The third-order valence-electron chi connectivity index (χ3n) is 5.87. The van der Waals surface area contributed by atoms with Crippen LogP contribution in [0.4, 0.5) is 0 Å². The topological polar surface area (TPSA) is 212 Å². The highest BCUT2D eigenvalue weighted by Crippen LogP contribution is 2.36. The summed E-state index contributed by atoms with van der Waals surface area (Å²) in [6, 6.07) is 0. The Kier molecular flexibility index (Phi) is 13.9. The van der Waals surface area contributed by atoms with Crippen LogP contribution in [-0.2, 0) is 80.9 Å². The first-order chi connectivity index (χ1) is 20.5. The van der Waals surface area contributed by atoms with Crippen molar-refractivity contribution in [3.05, 3.63) is 0 Å². The average Bonchev–Trinajstić information content (AvgIpc) is 2.87. The van der Waals surface area contributed by atoms with Crippen molar-refractivity contribution in [2.24, 2.45) is 0 Å². The summed E-state index contributed by atoms with van der Waals surface area (Å²) in [6.45, 7) is 6.57. The van der Waals surface area contributed by atoms with E-state index in [2.05, 4.69) is 15.9 Å². The first kappa shape index (κ1) is 36.8. The number of rotatable bonds is 11. The van der Waals surface area contributed by atoms with Crippen molar-refractivity contribution < 1.29 is 80.9 Å². The lowest BCUT2D eigenvalue weighted by molar-refractivity contribution is -0.341. The van der Waals surface area contributed by atoms with Crippen molar-refractivity contribution in [2.75, 3.05) is 13.2 Å². The van der Waals surface area contributed by atoms with Crippen LogP contribution in [0.25, 0.3) is 0 Å². The van der Waals surface area contributed by atoms with E-state index in [1.165, 1.54) is 0 Å². The minimum atomic E-state index is -1.73. The standard InChI is InChI=1S/C26H35BrO17/c1-10(28)35-8-17-20(21(38-13(4)31)23(25(27)42-17)40-15(6)33)44-26-24(41-16(7)34)22(39-14(5)32)19(37-12(3)30)18(43-26)9-36-11(2)29/h17-26H,8-9H2,1-7H3/t17?,18?,19-,20-,21+,22+,23?,24?,25+,26+/m1/s1. The Morgan fingerprint density at radius 1 is 0.477 bits per heavy atom. The van der Waals surface area contributed by atoms with Gasteiger partial charge >= 0.3 is 41.8 Å². The molecule has 0 bridgehead atoms. The van der Waals surface area contributed by atoms with Crippen LogP contribution in [0.15, 0.2) is 0 Å². The summed E-state index contributed by atoms with van der Waals surface area (Å²) in [6.07, 6.45) is -13.2. The third-order valence-corrected chi connectivity index (χ3v) is 6.61. The molecule has 248 valence electrons. The van der Waals surface area contributed by atoms with E-state index in [1.807, 2.05) is 0 Å². The second kappa shape index (κ2) is 16.6. The molecular weight excluding hydrogens is 664 g/mol. The number of alkyl halides is 1. The smallest absolute Gasteiger partial charge is 0.303 e. The highest BCUT2D eigenvalue weighted by atomic mass is 79.9. The Morgan fingerprint density at radius 3 is 1.27 bits per heavy atom. The van der Waals surface area contributed by atoms with Gasteiger partial charge in [-0.15, -0.1) is 0 Å². The molecule has 2 fully saturated rings. The lowest BCUT2D eigenvalue weighted by Crippen LogP contribution is -2.66. The fourth-order valence-corrected chi connectivity index (χ4v) is 5.15. The van der Waals surface area contributed by atoms with Crippen molar-refractivity contribution in [1.29, 1.82) is 0 Å². The van der Waals surface area contributed by atoms with Gasteiger partial charge in [0.1, 0.15) is 31.5 Å². The fourth-order valence-electron chi connectivity index (χ4n) is 4.46. The van der Waals surface area contributed by atoms with Crippen LogP contribution in [-0.4, -0.2) is 115 Å². The number of hydrogen-bond donors (Lipinski definition) is 0. The van der Waals surface area contributed by atoms with Gasteiger partial charge in [-0.1, -0.05) is 15.9 Å². The summed E-state index contributed by atoms with van der Waals surface area (Å²) < 4.78 is 55.2. The monoisotopic (exact) mass is 698 g/mol. The minimum Gasteiger partial charge on any atom is -0.463 e. The number of carbonyl (C=O) groups is 7. The second-order valence-corrected chi connectivity index (χ2v) is 10.5. The number of ether oxygens (including phenoxy) is 10. The molecule has 0 radical (unpaired) electrons. The summed E-state index contributed by atoms with van der Waals surface area (Å²) in [5, 5.41) is -1.09. The van der Waals surface area contributed by atoms with Gasteiger partial charge in [-0.05, 0) is 0 Å². The number of carbonyl (C=O) groups excluding carboxylic acids is 7. The van der Waals surface area contributed by atoms with E-state index in [1.54, 1.807) is 0 Å². The van der Waals surface area contributed by atoms with Gasteiger partial charge in [-0.25, -0.2) is 0 Å². The Hall–Kier alpha value is -3.35. The van der Waals surface area contributed by atoms with Crippen LogP contribution in [0, 0.1) is 0 Å². The highest BCUT2D eigenvalue weighted by Gasteiger charge is 2.57. The van der Waals surface area contributed by atoms with E-state index in [4.69, 9.17) is 47.4 Å². The summed E-state index contributed by atoms with van der Waals surface area (Å²) >= 11 is 3.23. The highest BCUT2D eigenvalue weighted by molar-refractivity contribution is 9.09. The molecule has 0 amide bonds. The van der Waals surface area contributed by atoms with Crippen molar-refractivity contribution >= 4 is 57.7 Å². The first-order valence-corrected chi connectivity index (χ1v) is 14.1. The molecule has 2 aliphatic heterocycles. The second-order valence-electron chi connectivity index (χ2n) is 9.64. The lowest BCUT2D eigenvalue weighted by Gasteiger charge is -2.48. The van der Waals surface area contributed by atoms with Gasteiger partial charge in [-0.3, -0.25) is 33.6 Å². The molecule has 18 heteroatoms. The Balaban J connectivity index is 2.66. The van der Waals surface area contributed by atoms with Gasteiger partial charge in [0.15, 0.2) is 41.8 Å². The average molecular weight is 699 g/mol. The zero-order valence-electron chi connectivity index (χ0n) is 25.0. The van der Waals surface area contributed by atoms with Crippen LogP contribution < -0.4 is 0 Å². The largest absolute Gasteiger partial charge is 0.463 e. The molecule has 0 aromatic heterocycles. The molecule has 2 heterocycles. The summed E-state index contributed by atoms with van der Waals surface area (Å²) in [5.74, 6) is -5.63. The molecule has 0 spiro atoms. The van der Waals surface area contributed by atoms with E-state index in [0.717, 1.165) is 48.5 Å². The van der Waals surface area contributed by atoms with Crippen LogP contribution >= 0.6 is 15.9 Å². The third kappa shape index (κ3) is 11.0. The van der Waals surface area contributed by atoms with E-state index in [9.17, 15) is 33.6 Å². The maximum atomic E-state index is 12.2. The lowest BCUT2D eigenvalue weighted by atomic mass is 9.96. The van der Waals surface area contributed by atoms with Gasteiger partial charge in [-0.2, -0.15) is 0 Å². The molecule has 0 aromatic carbocycles. The van der Waals surface area contributed by atoms with Gasteiger partial charge in [0.25, 0.3) is 0 Å². The summed E-state index contributed by atoms with van der Waals surface area (Å²) in [5.41, 5.74) is 0. The van der Waals surface area contributed by atoms with E-state index >= 15 is 0 Å². The van der Waals surface area contributed by atoms with Crippen LogP contribution in [0.5, 0.6) is 0 Å². The van der Waals surface area contributed by atoms with Gasteiger partial charge in [0.2, 0.25) is 0 Å². The van der Waals surface area contributed by atoms with Crippen molar-refractivity contribution in [3.63, 3.8) is 0 Å². The number of esters is 7. The fraction of sp³-hybridized carbons (Fsp3) is 0.731. The Bertz CT molecular complexity index is 1090. The van der Waals surface area contributed by atoms with E-state index < -0.39 is 115 Å². The Labute approximate surface area is 260 Å². The molecule has 17 nitrogen and oxygen atoms in total. The van der Waals surface area contributed by atoms with Gasteiger partial charge in [0.05, 0.1) is 0 Å². The van der Waals surface area contributed by atoms with Crippen molar-refractivity contribution in [1.82, 2.24) is 0 Å². The van der Waals surface area contributed by atoms with Crippen molar-refractivity contribution in [2.45, 2.75) is 109 Å². The van der Waals surface area contributed by atoms with E-state index in [0.29, 0.717) is 0 Å². The van der Waals surface area contributed by atoms with Crippen LogP contribution in [0.1, 0.15) is 48.5 Å². The molecular formula is C26H35BrO17. The van der Waals surface area contributed by atoms with Crippen LogP contribution in [0.2, 0.25) is 0 Å². The number of halogens is 1. The van der Waals surface area contributed by atoms with Gasteiger partial charge < -0.3 is 47.4 Å². The normalized spacial score (nSPS) is 31.5. The SMILES string of the molecule is CC(=O)OCC1O[C@@H](O[C@@H]2C(COC(C)=O)O[C@H](Br)C(OC(C)=O)[C@H]2OC(C)=O)C(OC(C)=O)[C@@H](OC(C)=O)[C@@H]1OC(C)=O. The first-order valence-electron chi connectivity index (χ1n) is 13.2. The quantitative estimate of drug-likeness (QED) is 0.158. The molecule has 0 saturated carbocycles. The summed E-state index contributed by atoms with van der Waals surface area (Å²) in [4.78, 5) is 83.8. The summed E-state index contributed by atoms with van der Waals surface area (Å²) in [7, 11) is 0. The molecule has 2 aliphatic rings. The molecule has 2 rings (SSSR count). The zero-order chi connectivity index (χ0) is 33.3. The van der Waals surface area contributed by atoms with Gasteiger partial charge in [0, 0.05) is 48.5 Å². The zero-order valence-corrected chi connectivity index (χ0v) is 26.6. The molecule has 2 saturated heterocycles. The maximum absolute atomic E-state index is 12.2. The number of hydrogen-bond acceptors (Lipinski definition) is 17. The molecule has 0 aliphatic carbocycles. The predicted molar refractivity (Wildman–Crippen MR) is 142 cm³/mol. The van der Waals surface area contributed by atoms with Crippen molar-refractivity contribution in [3.8, 4) is 0 Å². The maximum Gasteiger partial charge on any atom is 0.303 e. The molecule has 44 heavy (non-hydrogen) atoms. The minimum absolute atomic E-state index is 0.460. The molecule has 0 N–H and O–H groups in total. The molecule has 10 atom stereocenters. The Morgan fingerprint density at radius 2 is 0.841 bits per heavy atom.